The third-order valence-electron chi connectivity index (χ3n) is 7.98. The molecule has 1 N–H and O–H groups in total. The Morgan fingerprint density at radius 1 is 1.10 bits per heavy atom. The van der Waals surface area contributed by atoms with Gasteiger partial charge in [-0.25, -0.2) is 4.79 Å². The van der Waals surface area contributed by atoms with Gasteiger partial charge in [-0.2, -0.15) is 10.4 Å². The van der Waals surface area contributed by atoms with Crippen LogP contribution in [0.15, 0.2) is 35.9 Å². The molecule has 224 valence electrons. The number of benzene rings is 1. The largest absolute Gasteiger partial charge is 0.489 e. The SMILES string of the molecule is CC(C)(C)OC(=O)N1CCC/C(=C/c2ccc(C(=O)NC3C(C)(C)C(Oc4ccc(C#N)c(Cl)c4)C3(C)C)nn2)CC1. The minimum absolute atomic E-state index is 0.182. The van der Waals surface area contributed by atoms with E-state index in [1.807, 2.05) is 26.8 Å². The van der Waals surface area contributed by atoms with Crippen molar-refractivity contribution in [3.63, 3.8) is 0 Å². The van der Waals surface area contributed by atoms with E-state index < -0.39 is 5.60 Å². The second-order valence-corrected chi connectivity index (χ2v) is 13.7. The summed E-state index contributed by atoms with van der Waals surface area (Å²) < 4.78 is 11.8. The third kappa shape index (κ3) is 6.87. The van der Waals surface area contributed by atoms with Crippen molar-refractivity contribution in [2.75, 3.05) is 13.1 Å². The number of aromatic nitrogens is 2. The number of ether oxygens (including phenoxy) is 2. The Bertz CT molecular complexity index is 1390. The zero-order valence-electron chi connectivity index (χ0n) is 25.5. The van der Waals surface area contributed by atoms with Crippen LogP contribution in [0.3, 0.4) is 0 Å². The molecule has 1 aliphatic heterocycles. The minimum atomic E-state index is -0.522. The van der Waals surface area contributed by atoms with Crippen molar-refractivity contribution in [2.45, 2.75) is 85.5 Å². The van der Waals surface area contributed by atoms with Gasteiger partial charge in [0, 0.05) is 36.0 Å². The van der Waals surface area contributed by atoms with Gasteiger partial charge in [0.25, 0.3) is 5.91 Å². The van der Waals surface area contributed by atoms with Gasteiger partial charge in [0.05, 0.1) is 16.3 Å². The van der Waals surface area contributed by atoms with Crippen LogP contribution in [-0.4, -0.2) is 57.9 Å². The first-order valence-corrected chi connectivity index (χ1v) is 14.7. The summed E-state index contributed by atoms with van der Waals surface area (Å²) in [5.41, 5.74) is 1.19. The number of carbonyl (C=O) groups is 2. The molecule has 2 aliphatic rings. The summed E-state index contributed by atoms with van der Waals surface area (Å²) >= 11 is 6.20. The Labute approximate surface area is 253 Å². The van der Waals surface area contributed by atoms with Crippen molar-refractivity contribution in [3.8, 4) is 11.8 Å². The molecule has 4 rings (SSSR count). The molecule has 0 spiro atoms. The lowest BCUT2D eigenvalue weighted by Gasteiger charge is -2.63. The van der Waals surface area contributed by atoms with E-state index in [1.54, 1.807) is 35.2 Å². The molecule has 0 atom stereocenters. The molecule has 1 aliphatic carbocycles. The molecule has 9 nitrogen and oxygen atoms in total. The van der Waals surface area contributed by atoms with Gasteiger partial charge in [0.15, 0.2) is 5.69 Å². The van der Waals surface area contributed by atoms with E-state index in [4.69, 9.17) is 26.3 Å². The summed E-state index contributed by atoms with van der Waals surface area (Å²) in [5.74, 6) is 0.284. The van der Waals surface area contributed by atoms with Gasteiger partial charge in [-0.3, -0.25) is 4.79 Å². The number of hydrogen-bond acceptors (Lipinski definition) is 7. The predicted molar refractivity (Wildman–Crippen MR) is 161 cm³/mol. The maximum absolute atomic E-state index is 13.2. The second kappa shape index (κ2) is 11.9. The zero-order chi connectivity index (χ0) is 30.9. The van der Waals surface area contributed by atoms with Crippen molar-refractivity contribution in [2.24, 2.45) is 10.8 Å². The Hall–Kier alpha value is -3.64. The molecule has 1 saturated carbocycles. The summed E-state index contributed by atoms with van der Waals surface area (Å²) in [6.45, 7) is 15.0. The fraction of sp³-hybridized carbons (Fsp3) is 0.531. The van der Waals surface area contributed by atoms with Gasteiger partial charge < -0.3 is 19.7 Å². The molecule has 2 amide bonds. The van der Waals surface area contributed by atoms with E-state index in [2.05, 4.69) is 49.3 Å². The third-order valence-corrected chi connectivity index (χ3v) is 8.29. The summed E-state index contributed by atoms with van der Waals surface area (Å²) in [6.07, 6.45) is 3.93. The van der Waals surface area contributed by atoms with Crippen molar-refractivity contribution in [3.05, 3.63) is 57.9 Å². The lowest BCUT2D eigenvalue weighted by atomic mass is 9.49. The Kier molecular flexibility index (Phi) is 8.89. The van der Waals surface area contributed by atoms with Crippen molar-refractivity contribution in [1.29, 1.82) is 5.26 Å². The van der Waals surface area contributed by atoms with E-state index in [0.29, 0.717) is 35.1 Å². The summed E-state index contributed by atoms with van der Waals surface area (Å²) in [5, 5.41) is 21.1. The predicted octanol–water partition coefficient (Wildman–Crippen LogP) is 6.42. The number of halogens is 1. The number of likely N-dealkylation sites (tertiary alicyclic amines) is 1. The molecule has 2 heterocycles. The first kappa shape index (κ1) is 31.3. The molecule has 1 saturated heterocycles. The van der Waals surface area contributed by atoms with E-state index >= 15 is 0 Å². The first-order valence-electron chi connectivity index (χ1n) is 14.3. The Morgan fingerprint density at radius 3 is 2.40 bits per heavy atom. The molecule has 42 heavy (non-hydrogen) atoms. The molecule has 2 aromatic rings. The van der Waals surface area contributed by atoms with Crippen molar-refractivity contribution in [1.82, 2.24) is 20.4 Å². The van der Waals surface area contributed by atoms with Crippen LogP contribution in [-0.2, 0) is 4.74 Å². The van der Waals surface area contributed by atoms with Crippen LogP contribution in [0.5, 0.6) is 5.75 Å². The number of carbonyl (C=O) groups excluding carboxylic acids is 2. The smallest absolute Gasteiger partial charge is 0.410 e. The Morgan fingerprint density at radius 2 is 1.81 bits per heavy atom. The van der Waals surface area contributed by atoms with Crippen LogP contribution in [0, 0.1) is 22.2 Å². The molecule has 1 aromatic heterocycles. The maximum atomic E-state index is 13.2. The van der Waals surface area contributed by atoms with Crippen molar-refractivity contribution < 1.29 is 19.1 Å². The Balaban J connectivity index is 1.36. The highest BCUT2D eigenvalue weighted by atomic mass is 35.5. The van der Waals surface area contributed by atoms with Gasteiger partial charge in [-0.15, -0.1) is 5.10 Å². The maximum Gasteiger partial charge on any atom is 0.410 e. The number of nitrogens with one attached hydrogen (secondary N) is 1. The normalized spacial score (nSPS) is 22.4. The molecule has 0 unspecified atom stereocenters. The van der Waals surface area contributed by atoms with Crippen LogP contribution in [0.25, 0.3) is 6.08 Å². The van der Waals surface area contributed by atoms with Crippen LogP contribution in [0.2, 0.25) is 5.02 Å². The van der Waals surface area contributed by atoms with E-state index in [9.17, 15) is 9.59 Å². The molecular formula is C32H40ClN5O4. The molecule has 10 heteroatoms. The molecular weight excluding hydrogens is 554 g/mol. The highest BCUT2D eigenvalue weighted by molar-refractivity contribution is 6.31. The average molecular weight is 594 g/mol. The summed E-state index contributed by atoms with van der Waals surface area (Å²) in [4.78, 5) is 27.4. The molecule has 0 bridgehead atoms. The van der Waals surface area contributed by atoms with Gasteiger partial charge in [-0.1, -0.05) is 44.9 Å². The van der Waals surface area contributed by atoms with E-state index in [0.717, 1.165) is 19.3 Å². The standard InChI is InChI=1S/C32H40ClN5O4/c1-30(2,3)42-29(40)38-15-8-9-20(14-16-38)17-22-11-13-25(37-36-22)26(39)35-27-31(4,5)28(32(27,6)7)41-23-12-10-21(19-34)24(33)18-23/h10-13,17-18,27-28H,8-9,14-16H2,1-7H3,(H,35,39)/b20-17-. The molecule has 2 fully saturated rings. The molecule has 0 radical (unpaired) electrons. The van der Waals surface area contributed by atoms with E-state index in [1.165, 1.54) is 5.57 Å². The highest BCUT2D eigenvalue weighted by Crippen LogP contribution is 2.55. The van der Waals surface area contributed by atoms with Crippen molar-refractivity contribution >= 4 is 29.7 Å². The average Bonchev–Trinajstić information content (AvgIpc) is 3.15. The van der Waals surface area contributed by atoms with Gasteiger partial charge in [0.1, 0.15) is 23.5 Å². The zero-order valence-corrected chi connectivity index (χ0v) is 26.2. The lowest BCUT2D eigenvalue weighted by Crippen LogP contribution is -2.74. The number of rotatable bonds is 5. The quantitative estimate of drug-likeness (QED) is 0.425. The summed E-state index contributed by atoms with van der Waals surface area (Å²) in [6, 6.07) is 10.4. The summed E-state index contributed by atoms with van der Waals surface area (Å²) in [7, 11) is 0. The minimum Gasteiger partial charge on any atom is -0.489 e. The number of hydrogen-bond donors (Lipinski definition) is 1. The van der Waals surface area contributed by atoms with Crippen LogP contribution in [0.4, 0.5) is 4.79 Å². The van der Waals surface area contributed by atoms with Crippen LogP contribution < -0.4 is 10.1 Å². The van der Waals surface area contributed by atoms with Gasteiger partial charge in [-0.05, 0) is 70.4 Å². The van der Waals surface area contributed by atoms with Gasteiger partial charge in [0.2, 0.25) is 0 Å². The number of nitrogens with zero attached hydrogens (tertiary/aromatic N) is 4. The highest BCUT2D eigenvalue weighted by Gasteiger charge is 2.64. The van der Waals surface area contributed by atoms with Crippen LogP contribution in [0.1, 0.15) is 89.5 Å². The fourth-order valence-electron chi connectivity index (χ4n) is 6.22. The number of nitriles is 1. The number of amides is 2. The van der Waals surface area contributed by atoms with E-state index in [-0.39, 0.29) is 40.7 Å². The lowest BCUT2D eigenvalue weighted by molar-refractivity contribution is -0.164. The first-order chi connectivity index (χ1) is 19.6. The van der Waals surface area contributed by atoms with Crippen LogP contribution >= 0.6 is 11.6 Å². The topological polar surface area (TPSA) is 117 Å². The molecule has 1 aromatic carbocycles. The fourth-order valence-corrected chi connectivity index (χ4v) is 6.43. The second-order valence-electron chi connectivity index (χ2n) is 13.3. The monoisotopic (exact) mass is 593 g/mol. The van der Waals surface area contributed by atoms with Gasteiger partial charge >= 0.3 is 6.09 Å².